The van der Waals surface area contributed by atoms with E-state index in [9.17, 15) is 0 Å². The first kappa shape index (κ1) is 35.4. The van der Waals surface area contributed by atoms with E-state index < -0.39 is 0 Å². The molecule has 4 aromatic carbocycles. The molecule has 50 heavy (non-hydrogen) atoms. The van der Waals surface area contributed by atoms with Gasteiger partial charge >= 0.3 is 21.1 Å². The van der Waals surface area contributed by atoms with Crippen LogP contribution in [0.5, 0.6) is 11.5 Å². The molecule has 0 amide bonds. The summed E-state index contributed by atoms with van der Waals surface area (Å²) in [7, 11) is 0. The van der Waals surface area contributed by atoms with Crippen molar-refractivity contribution in [3.63, 3.8) is 0 Å². The topological polar surface area (TPSA) is 44.9 Å². The van der Waals surface area contributed by atoms with Crippen LogP contribution in [0.4, 0.5) is 0 Å². The second kappa shape index (κ2) is 13.7. The van der Waals surface area contributed by atoms with Crippen molar-refractivity contribution in [3.8, 4) is 34.1 Å². The van der Waals surface area contributed by atoms with Crippen molar-refractivity contribution in [1.82, 2.24) is 19.3 Å². The van der Waals surface area contributed by atoms with Gasteiger partial charge in [0.25, 0.3) is 0 Å². The first-order chi connectivity index (χ1) is 23.4. The van der Waals surface area contributed by atoms with Crippen molar-refractivity contribution in [3.05, 3.63) is 132 Å². The molecule has 0 radical (unpaired) electrons. The minimum absolute atomic E-state index is 0. The summed E-state index contributed by atoms with van der Waals surface area (Å²) < 4.78 is 10.7. The van der Waals surface area contributed by atoms with Crippen LogP contribution in [-0.4, -0.2) is 19.3 Å². The van der Waals surface area contributed by atoms with Crippen molar-refractivity contribution < 1.29 is 25.8 Å². The monoisotopic (exact) mass is 839 g/mol. The van der Waals surface area contributed by atoms with Crippen molar-refractivity contribution in [1.29, 1.82) is 0 Å². The summed E-state index contributed by atoms with van der Waals surface area (Å²) >= 11 is 0. The molecule has 0 spiro atoms. The molecule has 0 aliphatic heterocycles. The molecule has 0 N–H and O–H groups in total. The van der Waals surface area contributed by atoms with Crippen LogP contribution < -0.4 is 4.74 Å². The van der Waals surface area contributed by atoms with Gasteiger partial charge in [-0.25, -0.2) is 4.98 Å². The van der Waals surface area contributed by atoms with E-state index in [1.165, 1.54) is 16.5 Å². The molecule has 0 fully saturated rings. The summed E-state index contributed by atoms with van der Waals surface area (Å²) in [5.74, 6) is 2.08. The van der Waals surface area contributed by atoms with Crippen LogP contribution in [-0.2, 0) is 32.9 Å². The number of rotatable bonds is 7. The van der Waals surface area contributed by atoms with Gasteiger partial charge in [-0.3, -0.25) is 4.68 Å². The molecule has 256 valence electrons. The molecule has 0 unspecified atom stereocenters. The van der Waals surface area contributed by atoms with E-state index in [0.29, 0.717) is 11.5 Å². The van der Waals surface area contributed by atoms with Crippen molar-refractivity contribution >= 4 is 21.8 Å². The van der Waals surface area contributed by atoms with Gasteiger partial charge in [0.2, 0.25) is 0 Å². The number of nitrogens with zero attached hydrogens (tertiary/aromatic N) is 4. The zero-order valence-electron chi connectivity index (χ0n) is 30.2. The minimum Gasteiger partial charge on any atom is -0.509 e. The maximum atomic E-state index is 6.49. The van der Waals surface area contributed by atoms with Gasteiger partial charge in [-0.2, -0.15) is 17.2 Å². The fourth-order valence-electron chi connectivity index (χ4n) is 6.59. The number of aryl methyl sites for hydroxylation is 2. The third-order valence-corrected chi connectivity index (χ3v) is 9.27. The van der Waals surface area contributed by atoms with E-state index >= 15 is 0 Å². The summed E-state index contributed by atoms with van der Waals surface area (Å²) in [5.41, 5.74) is 10.0. The van der Waals surface area contributed by atoms with Crippen molar-refractivity contribution in [2.24, 2.45) is 5.41 Å². The summed E-state index contributed by atoms with van der Waals surface area (Å²) in [6.07, 6.45) is 4.06. The molecule has 0 bridgehead atoms. The van der Waals surface area contributed by atoms with Gasteiger partial charge < -0.3 is 9.30 Å². The molecular formula is C44H44N4OPt. The number of pyridine rings is 1. The Labute approximate surface area is 310 Å². The average Bonchev–Trinajstić information content (AvgIpc) is 3.55. The standard InChI is InChI=1S/C44H44N4O.Pt/c1-29-42(32-13-10-9-11-14-32)30(2)48(46-29)34-15-12-16-35(27-34)49-36-18-19-37-38-25-31(21-23-43(3,4)5)17-20-39(38)47(40(37)28-36)41-26-33(22-24-45-41)44(6,7)8;/h9-20,22,24-26H,21,23H2,1-8H3;/q-2;+2. The number of hydrogen-bond donors (Lipinski definition) is 0. The van der Waals surface area contributed by atoms with Gasteiger partial charge in [0.15, 0.2) is 0 Å². The van der Waals surface area contributed by atoms with Crippen LogP contribution in [0.25, 0.3) is 44.4 Å². The zero-order chi connectivity index (χ0) is 34.5. The molecule has 7 rings (SSSR count). The van der Waals surface area contributed by atoms with Crippen LogP contribution in [0, 0.1) is 31.4 Å². The molecule has 3 aromatic heterocycles. The Morgan fingerprint density at radius 2 is 1.52 bits per heavy atom. The van der Waals surface area contributed by atoms with Gasteiger partial charge in [-0.1, -0.05) is 89.5 Å². The van der Waals surface area contributed by atoms with Gasteiger partial charge in [-0.15, -0.1) is 35.7 Å². The third-order valence-electron chi connectivity index (χ3n) is 9.27. The molecule has 7 aromatic rings. The van der Waals surface area contributed by atoms with Gasteiger partial charge in [0, 0.05) is 34.5 Å². The summed E-state index contributed by atoms with van der Waals surface area (Å²) in [6, 6.07) is 38.7. The zero-order valence-corrected chi connectivity index (χ0v) is 32.4. The maximum Gasteiger partial charge on any atom is 2.00 e. The Bertz CT molecular complexity index is 2300. The van der Waals surface area contributed by atoms with Crippen LogP contribution in [0.1, 0.15) is 70.5 Å². The smallest absolute Gasteiger partial charge is 0.509 e. The summed E-state index contributed by atoms with van der Waals surface area (Å²) in [4.78, 5) is 4.87. The van der Waals surface area contributed by atoms with E-state index in [1.807, 2.05) is 41.2 Å². The predicted molar refractivity (Wildman–Crippen MR) is 201 cm³/mol. The quantitative estimate of drug-likeness (QED) is 0.150. The SMILES string of the molecule is Cc1nn(-c2[c-]c(Oc3[c-]c4c(cc3)c3cc(CCC(C)(C)C)ccc3n4-c3cc(C(C)(C)C)ccn3)ccc2)c(C)c1-c1ccccc1.[Pt+2]. The fourth-order valence-corrected chi connectivity index (χ4v) is 6.59. The van der Waals surface area contributed by atoms with Gasteiger partial charge in [0.05, 0.1) is 5.69 Å². The number of aromatic nitrogens is 4. The predicted octanol–water partition coefficient (Wildman–Crippen LogP) is 11.3. The molecular weight excluding hydrogens is 796 g/mol. The van der Waals surface area contributed by atoms with Crippen molar-refractivity contribution in [2.75, 3.05) is 0 Å². The summed E-state index contributed by atoms with van der Waals surface area (Å²) in [5, 5.41) is 7.20. The Morgan fingerprint density at radius 3 is 2.26 bits per heavy atom. The van der Waals surface area contributed by atoms with E-state index in [4.69, 9.17) is 14.8 Å². The minimum atomic E-state index is -0.0112. The number of fused-ring (bicyclic) bond motifs is 3. The fraction of sp³-hybridized carbons (Fsp3) is 0.273. The molecule has 5 nitrogen and oxygen atoms in total. The van der Waals surface area contributed by atoms with Crippen molar-refractivity contribution in [2.45, 2.75) is 73.6 Å². The first-order valence-electron chi connectivity index (χ1n) is 17.1. The van der Waals surface area contributed by atoms with Gasteiger partial charge in [0.1, 0.15) is 5.82 Å². The van der Waals surface area contributed by atoms with E-state index in [-0.39, 0.29) is 31.9 Å². The second-order valence-electron chi connectivity index (χ2n) is 15.3. The van der Waals surface area contributed by atoms with Gasteiger partial charge in [-0.05, 0) is 83.5 Å². The van der Waals surface area contributed by atoms with Crippen LogP contribution in [0.2, 0.25) is 0 Å². The molecule has 0 aliphatic rings. The maximum absolute atomic E-state index is 6.49. The molecule has 0 atom stereocenters. The molecule has 0 saturated heterocycles. The average molecular weight is 840 g/mol. The Morgan fingerprint density at radius 1 is 0.760 bits per heavy atom. The van der Waals surface area contributed by atoms with E-state index in [1.54, 1.807) is 0 Å². The van der Waals surface area contributed by atoms with Crippen LogP contribution in [0.3, 0.4) is 0 Å². The molecule has 3 heterocycles. The molecule has 0 saturated carbocycles. The first-order valence-corrected chi connectivity index (χ1v) is 17.1. The number of benzene rings is 4. The number of ether oxygens (including phenoxy) is 1. The summed E-state index contributed by atoms with van der Waals surface area (Å²) in [6.45, 7) is 17.7. The third kappa shape index (κ3) is 7.07. The normalized spacial score (nSPS) is 12.0. The van der Waals surface area contributed by atoms with E-state index in [0.717, 1.165) is 63.3 Å². The Kier molecular flexibility index (Phi) is 9.67. The number of hydrogen-bond acceptors (Lipinski definition) is 3. The van der Waals surface area contributed by atoms with Crippen LogP contribution >= 0.6 is 0 Å². The second-order valence-corrected chi connectivity index (χ2v) is 15.3. The van der Waals surface area contributed by atoms with E-state index in [2.05, 4.69) is 133 Å². The Balaban J connectivity index is 0.00000432. The largest absolute Gasteiger partial charge is 2.00 e. The molecule has 6 heteroatoms. The molecule has 0 aliphatic carbocycles. The Hall–Kier alpha value is -4.47. The van der Waals surface area contributed by atoms with Crippen LogP contribution in [0.15, 0.2) is 97.2 Å².